The number of fused-ring (bicyclic) bond motifs is 2. The van der Waals surface area contributed by atoms with E-state index in [9.17, 15) is 17.6 Å². The maximum atomic E-state index is 14.8. The number of pyridine rings is 1. The summed E-state index contributed by atoms with van der Waals surface area (Å²) in [6, 6.07) is 13.0. The van der Waals surface area contributed by atoms with Crippen LogP contribution in [-0.4, -0.2) is 69.8 Å². The molecule has 49 heavy (non-hydrogen) atoms. The van der Waals surface area contributed by atoms with Crippen molar-refractivity contribution in [2.24, 2.45) is 7.05 Å². The van der Waals surface area contributed by atoms with Crippen molar-refractivity contribution >= 4 is 8.32 Å². The normalized spacial score (nSPS) is 15.3. The molecular weight excluding hydrogens is 658 g/mol. The van der Waals surface area contributed by atoms with E-state index in [0.29, 0.717) is 36.6 Å². The number of benzene rings is 1. The van der Waals surface area contributed by atoms with E-state index in [1.165, 1.54) is 15.6 Å². The van der Waals surface area contributed by atoms with Gasteiger partial charge in [-0.1, -0.05) is 51.1 Å². The molecule has 0 amide bonds. The van der Waals surface area contributed by atoms with E-state index < -0.39 is 27.0 Å². The largest absolute Gasteiger partial charge is 0.476 e. The summed E-state index contributed by atoms with van der Waals surface area (Å²) in [5, 5.41) is 11.9. The third-order valence-corrected chi connectivity index (χ3v) is 13.8. The molecule has 0 radical (unpaired) electrons. The molecule has 0 unspecified atom stereocenters. The Morgan fingerprint density at radius 2 is 1.78 bits per heavy atom. The van der Waals surface area contributed by atoms with Crippen molar-refractivity contribution in [2.45, 2.75) is 71.1 Å². The molecule has 1 N–H and O–H groups in total. The van der Waals surface area contributed by atoms with Crippen LogP contribution in [0.25, 0.3) is 33.8 Å². The monoisotopic (exact) mass is 699 g/mol. The second kappa shape index (κ2) is 13.6. The lowest BCUT2D eigenvalue weighted by Crippen LogP contribution is -2.46. The summed E-state index contributed by atoms with van der Waals surface area (Å²) in [6.45, 7) is 9.71. The van der Waals surface area contributed by atoms with Crippen LogP contribution in [0.2, 0.25) is 18.1 Å². The third-order valence-electron chi connectivity index (χ3n) is 9.22. The summed E-state index contributed by atoms with van der Waals surface area (Å²) in [5.41, 5.74) is 1.61. The molecule has 0 saturated carbocycles. The highest BCUT2D eigenvalue weighted by Crippen LogP contribution is 2.50. The Morgan fingerprint density at radius 1 is 1.02 bits per heavy atom. The van der Waals surface area contributed by atoms with E-state index in [1.54, 1.807) is 19.2 Å². The Hall–Kier alpha value is -4.21. The smallest absolute Gasteiger partial charge is 0.388 e. The molecule has 3 aromatic rings. The van der Waals surface area contributed by atoms with Crippen LogP contribution in [0.15, 0.2) is 54.9 Å². The van der Waals surface area contributed by atoms with Gasteiger partial charge in [0, 0.05) is 50.3 Å². The Balaban J connectivity index is 1.40. The summed E-state index contributed by atoms with van der Waals surface area (Å²) in [5.74, 6) is 0.237. The van der Waals surface area contributed by atoms with Crippen molar-refractivity contribution in [1.82, 2.24) is 34.4 Å². The zero-order valence-corrected chi connectivity index (χ0v) is 29.4. The van der Waals surface area contributed by atoms with Gasteiger partial charge in [0.2, 0.25) is 11.8 Å². The Kier molecular flexibility index (Phi) is 9.61. The summed E-state index contributed by atoms with van der Waals surface area (Å²) >= 11 is 0. The molecule has 3 aliphatic rings. The minimum absolute atomic E-state index is 0.000906. The fourth-order valence-corrected chi connectivity index (χ4v) is 6.83. The van der Waals surface area contributed by atoms with Crippen molar-refractivity contribution < 1.29 is 31.5 Å². The summed E-state index contributed by atoms with van der Waals surface area (Å²) in [6.07, 6.45) is 0.367. The Morgan fingerprint density at radius 3 is 2.47 bits per heavy atom. The first-order valence-electron chi connectivity index (χ1n) is 16.1. The Labute approximate surface area is 283 Å². The van der Waals surface area contributed by atoms with Crippen LogP contribution in [0.4, 0.5) is 17.6 Å². The molecule has 0 fully saturated rings. The van der Waals surface area contributed by atoms with Gasteiger partial charge < -0.3 is 23.8 Å². The minimum atomic E-state index is -3.16. The SMILES string of the molecule is Cn1cc(-c2c3cccn(Cc4ccccc4)c-3nc2-c2c(C(F)F)nn3c2OC[C@@H](NCCO[Si](C)(C)C(C)(C)C)C3)c(OC(F)F)n1. The van der Waals surface area contributed by atoms with Gasteiger partial charge in [0.05, 0.1) is 29.4 Å². The average molecular weight is 700 g/mol. The van der Waals surface area contributed by atoms with Crippen molar-refractivity contribution in [3.8, 4) is 45.5 Å². The molecule has 10 nitrogen and oxygen atoms in total. The van der Waals surface area contributed by atoms with Crippen LogP contribution in [0.1, 0.15) is 38.5 Å². The number of nitrogens with zero attached hydrogens (tertiary/aromatic N) is 6. The topological polar surface area (TPSA) is 93.2 Å². The first-order chi connectivity index (χ1) is 23.2. The summed E-state index contributed by atoms with van der Waals surface area (Å²) in [7, 11) is -0.362. The van der Waals surface area contributed by atoms with Crippen LogP contribution in [0.3, 0.4) is 0 Å². The van der Waals surface area contributed by atoms with Crippen LogP contribution in [0.5, 0.6) is 11.8 Å². The predicted octanol–water partition coefficient (Wildman–Crippen LogP) is 7.21. The average Bonchev–Trinajstić information content (AvgIpc) is 3.71. The summed E-state index contributed by atoms with van der Waals surface area (Å²) < 4.78 is 78.7. The molecular formula is C34H41F4N7O3Si. The van der Waals surface area contributed by atoms with E-state index in [-0.39, 0.29) is 52.8 Å². The number of rotatable bonds is 12. The third kappa shape index (κ3) is 7.10. The fraction of sp³-hybridized carbons (Fsp3) is 0.441. The standard InChI is InChI=1S/C34H41F4N7O3Si/c1-34(2,3)49(5,6)47-16-14-39-22-18-45-32(46-20-22)26(28(41-45)29(35)36)27-25(24-19-43(4)42-31(24)48-33(37)38)23-13-10-15-44(30(23)40-27)17-21-11-8-7-9-12-21/h7-13,15,19,22,29,33,39H,14,16-18,20H2,1-6H3/t22-/m0/s1. The van der Waals surface area contributed by atoms with Gasteiger partial charge in [-0.15, -0.1) is 5.10 Å². The van der Waals surface area contributed by atoms with Gasteiger partial charge >= 0.3 is 6.61 Å². The molecule has 0 saturated heterocycles. The van der Waals surface area contributed by atoms with Crippen LogP contribution in [0, 0.1) is 0 Å². The number of nitrogens with one attached hydrogen (secondary N) is 1. The van der Waals surface area contributed by atoms with E-state index in [1.807, 2.05) is 41.1 Å². The minimum Gasteiger partial charge on any atom is -0.476 e. The van der Waals surface area contributed by atoms with Crippen molar-refractivity contribution in [3.05, 3.63) is 66.1 Å². The van der Waals surface area contributed by atoms with Crippen LogP contribution >= 0.6 is 0 Å². The number of halogens is 4. The lowest BCUT2D eigenvalue weighted by atomic mass is 9.98. The number of aryl methyl sites for hydroxylation is 1. The highest BCUT2D eigenvalue weighted by Gasteiger charge is 2.38. The highest BCUT2D eigenvalue weighted by atomic mass is 28.4. The van der Waals surface area contributed by atoms with E-state index in [4.69, 9.17) is 18.9 Å². The van der Waals surface area contributed by atoms with Gasteiger partial charge in [0.1, 0.15) is 18.1 Å². The van der Waals surface area contributed by atoms with Gasteiger partial charge in [-0.25, -0.2) is 18.4 Å². The second-order valence-corrected chi connectivity index (χ2v) is 18.5. The highest BCUT2D eigenvalue weighted by molar-refractivity contribution is 6.74. The lowest BCUT2D eigenvalue weighted by Gasteiger charge is -2.36. The van der Waals surface area contributed by atoms with Gasteiger partial charge in [-0.2, -0.15) is 13.9 Å². The quantitative estimate of drug-likeness (QED) is 0.0836. The molecule has 5 heterocycles. The predicted molar refractivity (Wildman–Crippen MR) is 180 cm³/mol. The lowest BCUT2D eigenvalue weighted by molar-refractivity contribution is -0.0527. The molecule has 0 bridgehead atoms. The molecule has 262 valence electrons. The molecule has 0 aliphatic carbocycles. The number of alkyl halides is 4. The number of ether oxygens (including phenoxy) is 2. The van der Waals surface area contributed by atoms with Crippen molar-refractivity contribution in [1.29, 1.82) is 0 Å². The molecule has 3 aliphatic heterocycles. The molecule has 2 aromatic heterocycles. The first kappa shape index (κ1) is 34.6. The molecule has 15 heteroatoms. The second-order valence-electron chi connectivity index (χ2n) is 13.7. The molecule has 0 spiro atoms. The van der Waals surface area contributed by atoms with Crippen LogP contribution < -0.4 is 14.8 Å². The molecule has 1 atom stereocenters. The van der Waals surface area contributed by atoms with Gasteiger partial charge in [0.15, 0.2) is 8.32 Å². The first-order valence-corrected chi connectivity index (χ1v) is 19.0. The number of hydrogen-bond acceptors (Lipinski definition) is 7. The van der Waals surface area contributed by atoms with Gasteiger partial charge in [-0.05, 0) is 35.8 Å². The van der Waals surface area contributed by atoms with Crippen LogP contribution in [-0.2, 0) is 24.6 Å². The van der Waals surface area contributed by atoms with Gasteiger partial charge in [0.25, 0.3) is 6.43 Å². The van der Waals surface area contributed by atoms with Crippen molar-refractivity contribution in [3.63, 3.8) is 0 Å². The Bertz CT molecular complexity index is 1870. The maximum absolute atomic E-state index is 14.8. The van der Waals surface area contributed by atoms with E-state index in [2.05, 4.69) is 49.4 Å². The van der Waals surface area contributed by atoms with Gasteiger partial charge in [-0.3, -0.25) is 4.68 Å². The zero-order chi connectivity index (χ0) is 35.1. The van der Waals surface area contributed by atoms with E-state index in [0.717, 1.165) is 5.56 Å². The maximum Gasteiger partial charge on any atom is 0.388 e. The molecule has 6 rings (SSSR count). The zero-order valence-electron chi connectivity index (χ0n) is 28.4. The fourth-order valence-electron chi connectivity index (χ4n) is 5.78. The summed E-state index contributed by atoms with van der Waals surface area (Å²) in [4.78, 5) is 4.92. The number of aromatic nitrogens is 6. The molecule has 1 aromatic carbocycles. The van der Waals surface area contributed by atoms with E-state index >= 15 is 0 Å². The number of hydrogen-bond donors (Lipinski definition) is 1. The van der Waals surface area contributed by atoms with Crippen molar-refractivity contribution in [2.75, 3.05) is 19.8 Å².